The summed E-state index contributed by atoms with van der Waals surface area (Å²) < 4.78 is 1.24. The maximum absolute atomic E-state index is 12.9. The van der Waals surface area contributed by atoms with E-state index in [1.807, 2.05) is 31.2 Å². The Labute approximate surface area is 144 Å². The van der Waals surface area contributed by atoms with E-state index in [0.29, 0.717) is 13.0 Å². The van der Waals surface area contributed by atoms with Gasteiger partial charge in [-0.15, -0.1) is 0 Å². The zero-order valence-electron chi connectivity index (χ0n) is 13.9. The average Bonchev–Trinajstić information content (AvgIpc) is 2.62. The van der Waals surface area contributed by atoms with Crippen LogP contribution in [0.1, 0.15) is 35.0 Å². The Morgan fingerprint density at radius 3 is 2.60 bits per heavy atom. The Morgan fingerprint density at radius 1 is 1.20 bits per heavy atom. The van der Waals surface area contributed by atoms with Crippen LogP contribution >= 0.6 is 0 Å². The van der Waals surface area contributed by atoms with Crippen LogP contribution < -0.4 is 5.56 Å². The highest BCUT2D eigenvalue weighted by Crippen LogP contribution is 2.24. The molecule has 1 N–H and O–H groups in total. The molecule has 1 aliphatic heterocycles. The topological polar surface area (TPSA) is 92.5 Å². The number of rotatable bonds is 4. The lowest BCUT2D eigenvalue weighted by molar-refractivity contribution is -0.142. The quantitative estimate of drug-likeness (QED) is 0.905. The van der Waals surface area contributed by atoms with Gasteiger partial charge >= 0.3 is 5.97 Å². The molecule has 2 aromatic rings. The third kappa shape index (κ3) is 3.31. The summed E-state index contributed by atoms with van der Waals surface area (Å²) in [6, 6.07) is 9.20. The van der Waals surface area contributed by atoms with Gasteiger partial charge in [0, 0.05) is 25.6 Å². The molecule has 1 aliphatic rings. The standard InChI is InChI=1S/C18H19N3O4/c1-2-9-21-16(22)8-7-14(19-21)17(23)20-11-13-6-4-3-5-12(13)10-15(20)18(24)25/h3-8,15H,2,9-11H2,1H3,(H,24,25)/t15-/m1/s1. The molecule has 130 valence electrons. The molecule has 0 aliphatic carbocycles. The largest absolute Gasteiger partial charge is 0.480 e. The number of carbonyl (C=O) groups is 2. The van der Waals surface area contributed by atoms with Crippen LogP contribution in [0, 0.1) is 0 Å². The molecule has 7 nitrogen and oxygen atoms in total. The third-order valence-electron chi connectivity index (χ3n) is 4.32. The van der Waals surface area contributed by atoms with Gasteiger partial charge in [0.05, 0.1) is 0 Å². The number of benzene rings is 1. The third-order valence-corrected chi connectivity index (χ3v) is 4.32. The van der Waals surface area contributed by atoms with Gasteiger partial charge in [-0.1, -0.05) is 31.2 Å². The van der Waals surface area contributed by atoms with Crippen molar-refractivity contribution in [2.24, 2.45) is 0 Å². The van der Waals surface area contributed by atoms with Gasteiger partial charge in [0.25, 0.3) is 11.5 Å². The lowest BCUT2D eigenvalue weighted by Gasteiger charge is -2.34. The van der Waals surface area contributed by atoms with E-state index in [2.05, 4.69) is 5.10 Å². The smallest absolute Gasteiger partial charge is 0.326 e. The highest BCUT2D eigenvalue weighted by Gasteiger charge is 2.35. The second-order valence-corrected chi connectivity index (χ2v) is 6.04. The van der Waals surface area contributed by atoms with Crippen LogP contribution in [0.5, 0.6) is 0 Å². The molecule has 1 aromatic heterocycles. The maximum Gasteiger partial charge on any atom is 0.326 e. The molecule has 1 aromatic carbocycles. The van der Waals surface area contributed by atoms with Crippen molar-refractivity contribution in [2.45, 2.75) is 38.9 Å². The van der Waals surface area contributed by atoms with Crippen molar-refractivity contribution in [3.8, 4) is 0 Å². The van der Waals surface area contributed by atoms with E-state index in [-0.39, 0.29) is 24.2 Å². The fourth-order valence-corrected chi connectivity index (χ4v) is 3.04. The number of aliphatic carboxylic acids is 1. The molecule has 0 saturated carbocycles. The fourth-order valence-electron chi connectivity index (χ4n) is 3.04. The van der Waals surface area contributed by atoms with Gasteiger partial charge in [-0.2, -0.15) is 5.10 Å². The van der Waals surface area contributed by atoms with E-state index in [4.69, 9.17) is 0 Å². The first kappa shape index (κ1) is 16.9. The number of carboxylic acids is 1. The Balaban J connectivity index is 1.96. The lowest BCUT2D eigenvalue weighted by Crippen LogP contribution is -2.49. The van der Waals surface area contributed by atoms with Gasteiger partial charge in [-0.3, -0.25) is 9.59 Å². The molecule has 0 spiro atoms. The molecule has 0 radical (unpaired) electrons. The fraction of sp³-hybridized carbons (Fsp3) is 0.333. The van der Waals surface area contributed by atoms with Crippen molar-refractivity contribution in [3.63, 3.8) is 0 Å². The number of nitrogens with zero attached hydrogens (tertiary/aromatic N) is 3. The number of aryl methyl sites for hydroxylation is 1. The van der Waals surface area contributed by atoms with Crippen molar-refractivity contribution < 1.29 is 14.7 Å². The molecule has 7 heteroatoms. The highest BCUT2D eigenvalue weighted by atomic mass is 16.4. The first-order valence-electron chi connectivity index (χ1n) is 8.20. The summed E-state index contributed by atoms with van der Waals surface area (Å²) in [5.74, 6) is -1.53. The van der Waals surface area contributed by atoms with Crippen LogP contribution in [-0.2, 0) is 24.3 Å². The summed E-state index contributed by atoms with van der Waals surface area (Å²) in [5, 5.41) is 13.7. The van der Waals surface area contributed by atoms with Gasteiger partial charge in [0.15, 0.2) is 0 Å². The predicted molar refractivity (Wildman–Crippen MR) is 90.2 cm³/mol. The van der Waals surface area contributed by atoms with Crippen LogP contribution in [0.3, 0.4) is 0 Å². The van der Waals surface area contributed by atoms with Crippen molar-refractivity contribution >= 4 is 11.9 Å². The Kier molecular flexibility index (Phi) is 4.65. The second kappa shape index (κ2) is 6.88. The number of fused-ring (bicyclic) bond motifs is 1. The number of amides is 1. The first-order valence-corrected chi connectivity index (χ1v) is 8.20. The molecule has 0 bridgehead atoms. The summed E-state index contributed by atoms with van der Waals surface area (Å²) in [6.45, 7) is 2.52. The average molecular weight is 341 g/mol. The van der Waals surface area contributed by atoms with Gasteiger partial charge < -0.3 is 10.0 Å². The van der Waals surface area contributed by atoms with E-state index < -0.39 is 17.9 Å². The van der Waals surface area contributed by atoms with E-state index in [1.54, 1.807) is 0 Å². The number of aromatic nitrogens is 2. The molecule has 25 heavy (non-hydrogen) atoms. The van der Waals surface area contributed by atoms with Crippen molar-refractivity contribution in [3.05, 3.63) is 63.6 Å². The molecule has 3 rings (SSSR count). The molecular weight excluding hydrogens is 322 g/mol. The Bertz CT molecular complexity index is 875. The second-order valence-electron chi connectivity index (χ2n) is 6.04. The summed E-state index contributed by atoms with van der Waals surface area (Å²) in [5.41, 5.74) is 1.66. The minimum Gasteiger partial charge on any atom is -0.480 e. The summed E-state index contributed by atoms with van der Waals surface area (Å²) in [7, 11) is 0. The first-order chi connectivity index (χ1) is 12.0. The molecule has 0 saturated heterocycles. The van der Waals surface area contributed by atoms with Crippen LogP contribution in [0.15, 0.2) is 41.2 Å². The van der Waals surface area contributed by atoms with E-state index in [0.717, 1.165) is 11.1 Å². The van der Waals surface area contributed by atoms with Crippen LogP contribution in [0.25, 0.3) is 0 Å². The summed E-state index contributed by atoms with van der Waals surface area (Å²) in [6.07, 6.45) is 0.964. The van der Waals surface area contributed by atoms with Crippen molar-refractivity contribution in [1.82, 2.24) is 14.7 Å². The lowest BCUT2D eigenvalue weighted by atomic mass is 9.93. The minimum atomic E-state index is -1.05. The van der Waals surface area contributed by atoms with E-state index >= 15 is 0 Å². The Hall–Kier alpha value is -2.96. The van der Waals surface area contributed by atoms with Gasteiger partial charge in [-0.25, -0.2) is 9.48 Å². The zero-order valence-corrected chi connectivity index (χ0v) is 13.9. The molecule has 1 amide bonds. The van der Waals surface area contributed by atoms with Gasteiger partial charge in [-0.05, 0) is 23.6 Å². The normalized spacial score (nSPS) is 16.4. The van der Waals surface area contributed by atoms with Crippen LogP contribution in [-0.4, -0.2) is 37.7 Å². The zero-order chi connectivity index (χ0) is 18.0. The minimum absolute atomic E-state index is 0.0821. The van der Waals surface area contributed by atoms with Gasteiger partial charge in [0.1, 0.15) is 11.7 Å². The summed E-state index contributed by atoms with van der Waals surface area (Å²) in [4.78, 5) is 37.6. The molecule has 1 atom stereocenters. The molecule has 2 heterocycles. The monoisotopic (exact) mass is 341 g/mol. The molecular formula is C18H19N3O4. The van der Waals surface area contributed by atoms with Crippen LogP contribution in [0.2, 0.25) is 0 Å². The van der Waals surface area contributed by atoms with Gasteiger partial charge in [0.2, 0.25) is 0 Å². The van der Waals surface area contributed by atoms with E-state index in [1.165, 1.54) is 21.7 Å². The SMILES string of the molecule is CCCn1nc(C(=O)N2Cc3ccccc3C[C@@H]2C(=O)O)ccc1=O. The van der Waals surface area contributed by atoms with Crippen molar-refractivity contribution in [1.29, 1.82) is 0 Å². The Morgan fingerprint density at radius 2 is 1.92 bits per heavy atom. The number of carboxylic acid groups (broad SMARTS) is 1. The predicted octanol–water partition coefficient (Wildman–Crippen LogP) is 1.31. The van der Waals surface area contributed by atoms with Crippen molar-refractivity contribution in [2.75, 3.05) is 0 Å². The number of hydrogen-bond donors (Lipinski definition) is 1. The molecule has 0 fully saturated rings. The maximum atomic E-state index is 12.9. The summed E-state index contributed by atoms with van der Waals surface area (Å²) >= 11 is 0. The number of hydrogen-bond acceptors (Lipinski definition) is 4. The van der Waals surface area contributed by atoms with E-state index in [9.17, 15) is 19.5 Å². The molecule has 0 unspecified atom stereocenters. The van der Waals surface area contributed by atoms with Crippen LogP contribution in [0.4, 0.5) is 0 Å². The highest BCUT2D eigenvalue weighted by molar-refractivity contribution is 5.95. The number of carbonyl (C=O) groups excluding carboxylic acids is 1.